The first-order valence-corrected chi connectivity index (χ1v) is 18.7. The van der Waals surface area contributed by atoms with Crippen LogP contribution in [0.15, 0.2) is 54.1 Å². The van der Waals surface area contributed by atoms with E-state index in [1.165, 1.54) is 57.8 Å². The van der Waals surface area contributed by atoms with Crippen molar-refractivity contribution in [3.05, 3.63) is 65.2 Å². The first-order chi connectivity index (χ1) is 21.4. The molecule has 2 aromatic rings. The Morgan fingerprint density at radius 2 is 1.59 bits per heavy atom. The number of ether oxygens (including phenoxy) is 3. The smallest absolute Gasteiger partial charge is 0.493 e. The van der Waals surface area contributed by atoms with E-state index < -0.39 is 13.9 Å². The summed E-state index contributed by atoms with van der Waals surface area (Å²) in [5.41, 5.74) is 1.88. The lowest BCUT2D eigenvalue weighted by molar-refractivity contribution is -0.00727. The molecular weight excluding hydrogens is 597 g/mol. The number of unbranched alkanes of at least 4 members (excludes halogenated alkanes) is 9. The molecule has 3 rings (SSSR count). The minimum absolute atomic E-state index is 0.146. The number of hydrogen-bond acceptors (Lipinski definition) is 8. The summed E-state index contributed by atoms with van der Waals surface area (Å²) < 4.78 is 41.3. The van der Waals surface area contributed by atoms with E-state index >= 15 is 0 Å². The van der Waals surface area contributed by atoms with Crippen LogP contribution >= 0.6 is 19.6 Å². The molecule has 0 amide bonds. The maximum absolute atomic E-state index is 12.7. The molecule has 0 aliphatic carbocycles. The van der Waals surface area contributed by atoms with Gasteiger partial charge in [-0.25, -0.2) is 4.57 Å². The minimum Gasteiger partial charge on any atom is -0.493 e. The zero-order valence-electron chi connectivity index (χ0n) is 26.8. The van der Waals surface area contributed by atoms with Gasteiger partial charge in [-0.3, -0.25) is 9.42 Å². The Bertz CT molecular complexity index is 1160. The summed E-state index contributed by atoms with van der Waals surface area (Å²) in [6, 6.07) is 12.9. The molecule has 0 fully saturated rings. The number of hydrogen-bond donors (Lipinski definition) is 1. The Morgan fingerprint density at radius 3 is 2.27 bits per heavy atom. The molecule has 0 saturated heterocycles. The fourth-order valence-corrected chi connectivity index (χ4v) is 6.42. The number of nitrogens with zero attached hydrogens (tertiary/aromatic N) is 1. The molecule has 0 bridgehead atoms. The van der Waals surface area contributed by atoms with Crippen LogP contribution in [0.4, 0.5) is 0 Å². The maximum atomic E-state index is 12.7. The average Bonchev–Trinajstić information content (AvgIpc) is 3.51. The van der Waals surface area contributed by atoms with E-state index in [2.05, 4.69) is 11.8 Å². The Kier molecular flexibility index (Phi) is 17.2. The third-order valence-electron chi connectivity index (χ3n) is 7.35. The second-order valence-corrected chi connectivity index (χ2v) is 13.4. The van der Waals surface area contributed by atoms with Crippen LogP contribution < -0.4 is 14.0 Å². The van der Waals surface area contributed by atoms with Crippen molar-refractivity contribution in [3.63, 3.8) is 0 Å². The largest absolute Gasteiger partial charge is 0.527 e. The van der Waals surface area contributed by atoms with Gasteiger partial charge in [-0.2, -0.15) is 0 Å². The number of rotatable bonds is 24. The van der Waals surface area contributed by atoms with E-state index in [-0.39, 0.29) is 19.0 Å². The highest BCUT2D eigenvalue weighted by molar-refractivity contribution is 8.02. The summed E-state index contributed by atoms with van der Waals surface area (Å²) in [4.78, 5) is 12.5. The Morgan fingerprint density at radius 1 is 0.909 bits per heavy atom. The maximum Gasteiger partial charge on any atom is 0.527 e. The van der Waals surface area contributed by atoms with Crippen LogP contribution in [0.25, 0.3) is 0 Å². The highest BCUT2D eigenvalue weighted by Crippen LogP contribution is 2.44. The molecule has 10 heteroatoms. The van der Waals surface area contributed by atoms with Gasteiger partial charge in [-0.15, -0.1) is 11.8 Å². The van der Waals surface area contributed by atoms with Crippen molar-refractivity contribution in [2.75, 3.05) is 32.3 Å². The zero-order chi connectivity index (χ0) is 31.5. The van der Waals surface area contributed by atoms with Gasteiger partial charge >= 0.3 is 7.82 Å². The number of phosphoric ester groups is 1. The predicted molar refractivity (Wildman–Crippen MR) is 179 cm³/mol. The van der Waals surface area contributed by atoms with E-state index in [0.29, 0.717) is 25.5 Å². The summed E-state index contributed by atoms with van der Waals surface area (Å²) in [6.45, 7) is 7.84. The van der Waals surface area contributed by atoms with E-state index in [1.807, 2.05) is 49.7 Å². The highest BCUT2D eigenvalue weighted by atomic mass is 32.2. The Labute approximate surface area is 269 Å². The van der Waals surface area contributed by atoms with Gasteiger partial charge < -0.3 is 23.6 Å². The van der Waals surface area contributed by atoms with Crippen LogP contribution in [-0.2, 0) is 20.4 Å². The first kappa shape index (κ1) is 36.3. The summed E-state index contributed by atoms with van der Waals surface area (Å²) in [6.07, 6.45) is 14.3. The van der Waals surface area contributed by atoms with Crippen molar-refractivity contribution in [2.24, 2.45) is 0 Å². The molecule has 44 heavy (non-hydrogen) atoms. The van der Waals surface area contributed by atoms with Crippen molar-refractivity contribution in [3.8, 4) is 17.2 Å². The highest BCUT2D eigenvalue weighted by Gasteiger charge is 2.26. The van der Waals surface area contributed by atoms with E-state index in [0.717, 1.165) is 29.2 Å². The van der Waals surface area contributed by atoms with Crippen molar-refractivity contribution in [2.45, 2.75) is 97.6 Å². The van der Waals surface area contributed by atoms with Crippen LogP contribution in [0.2, 0.25) is 0 Å². The molecule has 2 unspecified atom stereocenters. The van der Waals surface area contributed by atoms with Gasteiger partial charge in [-0.1, -0.05) is 82.9 Å². The molecule has 0 saturated carbocycles. The van der Waals surface area contributed by atoms with Crippen LogP contribution in [0.5, 0.6) is 17.2 Å². The Hall–Kier alpha value is -2.16. The van der Waals surface area contributed by atoms with Gasteiger partial charge in [0.2, 0.25) is 0 Å². The molecule has 8 nitrogen and oxygen atoms in total. The average molecular weight is 650 g/mol. The molecule has 2 atom stereocenters. The van der Waals surface area contributed by atoms with E-state index in [9.17, 15) is 9.46 Å². The molecular formula is C34H52NO7PS. The van der Waals surface area contributed by atoms with Gasteiger partial charge in [0.1, 0.15) is 30.0 Å². The van der Waals surface area contributed by atoms with Crippen molar-refractivity contribution >= 4 is 19.6 Å². The summed E-state index contributed by atoms with van der Waals surface area (Å²) in [5, 5.41) is 2.04. The van der Waals surface area contributed by atoms with Crippen LogP contribution in [-0.4, -0.2) is 48.2 Å². The fourth-order valence-electron chi connectivity index (χ4n) is 4.92. The van der Waals surface area contributed by atoms with E-state index in [1.54, 1.807) is 30.0 Å². The fraction of sp³-hybridized carbons (Fsp3) is 0.588. The lowest BCUT2D eigenvalue weighted by Crippen LogP contribution is -2.27. The van der Waals surface area contributed by atoms with Crippen LogP contribution in [0.3, 0.4) is 0 Å². The molecule has 1 heterocycles. The molecule has 246 valence electrons. The molecule has 1 aliphatic rings. The molecule has 1 N–H and O–H groups in total. The molecule has 0 spiro atoms. The van der Waals surface area contributed by atoms with Gasteiger partial charge in [0, 0.05) is 24.9 Å². The summed E-state index contributed by atoms with van der Waals surface area (Å²) in [7, 11) is -4.38. The van der Waals surface area contributed by atoms with Gasteiger partial charge in [0.05, 0.1) is 19.1 Å². The monoisotopic (exact) mass is 649 g/mol. The first-order valence-electron chi connectivity index (χ1n) is 16.1. The second kappa shape index (κ2) is 20.8. The third-order valence-corrected chi connectivity index (χ3v) is 9.07. The van der Waals surface area contributed by atoms with Crippen LogP contribution in [0, 0.1) is 6.92 Å². The van der Waals surface area contributed by atoms with Crippen LogP contribution in [0.1, 0.15) is 89.2 Å². The predicted octanol–water partition coefficient (Wildman–Crippen LogP) is 9.25. The van der Waals surface area contributed by atoms with Crippen molar-refractivity contribution in [1.29, 1.82) is 0 Å². The molecule has 0 aromatic heterocycles. The second-order valence-electron chi connectivity index (χ2n) is 11.1. The standard InChI is InChI=1S/C34H52NO7PS/c1-4-6-7-8-9-10-11-12-13-14-22-39-33-19-16-20-34(29(33)3)40-26-32(38-5-2)27-41-43(36,37)42-31-18-15-17-30(24-31)25-35-21-23-44-28-35/h15-21,23-24,32H,4-14,22,25-28H2,1-3H3,(H,36,37). The quantitative estimate of drug-likeness (QED) is 0.0883. The Balaban J connectivity index is 1.39. The number of benzene rings is 2. The van der Waals surface area contributed by atoms with Gasteiger partial charge in [-0.05, 0) is 55.5 Å². The molecule has 2 aromatic carbocycles. The lowest BCUT2D eigenvalue weighted by Gasteiger charge is -2.21. The molecule has 1 aliphatic heterocycles. The van der Waals surface area contributed by atoms with Gasteiger partial charge in [0.25, 0.3) is 0 Å². The summed E-state index contributed by atoms with van der Waals surface area (Å²) in [5.74, 6) is 2.64. The zero-order valence-corrected chi connectivity index (χ0v) is 28.5. The van der Waals surface area contributed by atoms with Crippen molar-refractivity contribution in [1.82, 2.24) is 4.90 Å². The lowest BCUT2D eigenvalue weighted by atomic mass is 10.1. The third kappa shape index (κ3) is 14.3. The molecule has 0 radical (unpaired) electrons. The SMILES string of the molecule is CCCCCCCCCCCCOc1cccc(OCC(COP(=O)(O)Oc2cccc(CN3C=CSC3)c2)OCC)c1C. The topological polar surface area (TPSA) is 86.7 Å². The normalized spacial score (nSPS) is 14.9. The van der Waals surface area contributed by atoms with Gasteiger partial charge in [0.15, 0.2) is 0 Å². The number of thioether (sulfide) groups is 1. The minimum atomic E-state index is -4.38. The van der Waals surface area contributed by atoms with Crippen molar-refractivity contribution < 1.29 is 32.7 Å². The number of phosphoric acid groups is 1. The van der Waals surface area contributed by atoms with E-state index in [4.69, 9.17) is 23.3 Å². The summed E-state index contributed by atoms with van der Waals surface area (Å²) >= 11 is 1.72.